The van der Waals surface area contributed by atoms with Crippen molar-refractivity contribution in [1.82, 2.24) is 0 Å². The van der Waals surface area contributed by atoms with Gasteiger partial charge in [-0.3, -0.25) is 14.4 Å². The van der Waals surface area contributed by atoms with Gasteiger partial charge in [0.1, 0.15) is 13.2 Å². The summed E-state index contributed by atoms with van der Waals surface area (Å²) in [6.07, 6.45) is 87.9. The van der Waals surface area contributed by atoms with E-state index in [0.717, 1.165) is 96.3 Å². The van der Waals surface area contributed by atoms with Crippen LogP contribution in [0.2, 0.25) is 0 Å². The molecule has 0 fully saturated rings. The Morgan fingerprint density at radius 1 is 0.266 bits per heavy atom. The van der Waals surface area contributed by atoms with Gasteiger partial charge in [-0.2, -0.15) is 0 Å². The van der Waals surface area contributed by atoms with Gasteiger partial charge in [0.05, 0.1) is 0 Å². The second-order valence-electron chi connectivity index (χ2n) is 23.1. The molecule has 0 aliphatic carbocycles. The molecular weight excluding hydrogens is 973 g/mol. The first kappa shape index (κ1) is 75.8. The zero-order chi connectivity index (χ0) is 57.1. The van der Waals surface area contributed by atoms with Gasteiger partial charge in [-0.1, -0.05) is 318 Å². The summed E-state index contributed by atoms with van der Waals surface area (Å²) in [4.78, 5) is 38.3. The first-order valence-electron chi connectivity index (χ1n) is 34.4. The molecule has 6 heteroatoms. The van der Waals surface area contributed by atoms with Crippen molar-refractivity contribution in [1.29, 1.82) is 0 Å². The molecule has 458 valence electrons. The Balaban J connectivity index is 4.13. The highest BCUT2D eigenvalue weighted by Gasteiger charge is 2.19. The zero-order valence-corrected chi connectivity index (χ0v) is 52.6. The summed E-state index contributed by atoms with van der Waals surface area (Å²) in [7, 11) is 0. The molecule has 0 heterocycles. The van der Waals surface area contributed by atoms with Gasteiger partial charge < -0.3 is 14.2 Å². The van der Waals surface area contributed by atoms with Crippen LogP contribution in [0.3, 0.4) is 0 Å². The molecule has 0 saturated carbocycles. The number of allylic oxidation sites excluding steroid dienone is 12. The van der Waals surface area contributed by atoms with Crippen LogP contribution in [-0.4, -0.2) is 37.2 Å². The van der Waals surface area contributed by atoms with Crippen molar-refractivity contribution in [2.24, 2.45) is 0 Å². The zero-order valence-electron chi connectivity index (χ0n) is 52.6. The lowest BCUT2D eigenvalue weighted by Crippen LogP contribution is -2.30. The fourth-order valence-electron chi connectivity index (χ4n) is 10.1. The van der Waals surface area contributed by atoms with E-state index in [2.05, 4.69) is 93.7 Å². The molecule has 0 radical (unpaired) electrons. The Labute approximate surface area is 491 Å². The number of rotatable bonds is 63. The van der Waals surface area contributed by atoms with Gasteiger partial charge in [0.25, 0.3) is 0 Å². The smallest absolute Gasteiger partial charge is 0.306 e. The molecule has 0 rings (SSSR count). The van der Waals surface area contributed by atoms with E-state index in [1.807, 2.05) is 0 Å². The van der Waals surface area contributed by atoms with Gasteiger partial charge in [-0.25, -0.2) is 0 Å². The highest BCUT2D eigenvalue weighted by Crippen LogP contribution is 2.18. The number of carbonyl (C=O) groups is 3. The van der Waals surface area contributed by atoms with E-state index in [4.69, 9.17) is 14.2 Å². The van der Waals surface area contributed by atoms with Gasteiger partial charge in [0.2, 0.25) is 0 Å². The molecule has 79 heavy (non-hydrogen) atoms. The van der Waals surface area contributed by atoms with Crippen molar-refractivity contribution in [2.75, 3.05) is 13.2 Å². The predicted molar refractivity (Wildman–Crippen MR) is 344 cm³/mol. The molecular formula is C73H130O6. The lowest BCUT2D eigenvalue weighted by atomic mass is 10.0. The standard InChI is InChI=1S/C73H130O6/c1-4-7-10-13-16-19-22-25-27-28-29-30-31-32-33-34-35-36-37-38-39-40-41-42-43-44-46-48-51-54-57-60-63-66-72(75)78-69-70(68-77-71(74)65-62-59-56-53-50-47-24-21-18-15-12-9-6-3)79-73(76)67-64-61-58-55-52-49-45-26-23-20-17-14-11-8-5-2/h7,10,16,19,25-27,29-30,32-33,45,70H,4-6,8-9,11-15,17-18,20-24,28,31,34-44,46-69H2,1-3H3/b10-7-,19-16-,27-25-,30-29-,33-32-,45-26-. The summed E-state index contributed by atoms with van der Waals surface area (Å²) < 4.78 is 16.9. The largest absolute Gasteiger partial charge is 0.462 e. The maximum Gasteiger partial charge on any atom is 0.306 e. The van der Waals surface area contributed by atoms with Crippen LogP contribution in [0.5, 0.6) is 0 Å². The highest BCUT2D eigenvalue weighted by atomic mass is 16.6. The summed E-state index contributed by atoms with van der Waals surface area (Å²) in [6.45, 7) is 6.56. The Hall–Kier alpha value is -3.15. The lowest BCUT2D eigenvalue weighted by Gasteiger charge is -2.18. The molecule has 0 spiro atoms. The maximum absolute atomic E-state index is 12.9. The lowest BCUT2D eigenvalue weighted by molar-refractivity contribution is -0.167. The highest BCUT2D eigenvalue weighted by molar-refractivity contribution is 5.71. The van der Waals surface area contributed by atoms with Crippen LogP contribution in [0.25, 0.3) is 0 Å². The van der Waals surface area contributed by atoms with Crippen LogP contribution in [0.1, 0.15) is 355 Å². The molecule has 0 aliphatic heterocycles. The molecule has 1 unspecified atom stereocenters. The van der Waals surface area contributed by atoms with Crippen molar-refractivity contribution in [3.8, 4) is 0 Å². The number of unbranched alkanes of at least 4 members (excludes halogenated alkanes) is 40. The van der Waals surface area contributed by atoms with Crippen molar-refractivity contribution in [3.63, 3.8) is 0 Å². The van der Waals surface area contributed by atoms with Gasteiger partial charge in [0.15, 0.2) is 6.10 Å². The monoisotopic (exact) mass is 1100 g/mol. The van der Waals surface area contributed by atoms with Crippen LogP contribution in [0.15, 0.2) is 72.9 Å². The minimum absolute atomic E-state index is 0.0724. The number of ether oxygens (including phenoxy) is 3. The van der Waals surface area contributed by atoms with Crippen molar-refractivity contribution < 1.29 is 28.6 Å². The van der Waals surface area contributed by atoms with E-state index < -0.39 is 6.10 Å². The van der Waals surface area contributed by atoms with Crippen LogP contribution >= 0.6 is 0 Å². The second-order valence-corrected chi connectivity index (χ2v) is 23.1. The number of carbonyl (C=O) groups excluding carboxylic acids is 3. The second kappa shape index (κ2) is 67.4. The summed E-state index contributed by atoms with van der Waals surface area (Å²) in [6, 6.07) is 0. The molecule has 0 aliphatic rings. The molecule has 0 aromatic heterocycles. The molecule has 0 aromatic rings. The third-order valence-electron chi connectivity index (χ3n) is 15.2. The SMILES string of the molecule is CC/C=C\C/C=C\C/C=C\C/C=C\C/C=C\CCCCCCCCCCCCCCCCCCCC(=O)OCC(COC(=O)CCCCCCCCCCCCCCC)OC(=O)CCCCCCC/C=C\CCCCCCCC. The summed E-state index contributed by atoms with van der Waals surface area (Å²) in [5, 5.41) is 0. The third kappa shape index (κ3) is 65.5. The van der Waals surface area contributed by atoms with E-state index in [1.165, 1.54) is 218 Å². The molecule has 0 aromatic carbocycles. The van der Waals surface area contributed by atoms with E-state index in [-0.39, 0.29) is 31.1 Å². The summed E-state index contributed by atoms with van der Waals surface area (Å²) in [5.74, 6) is -0.860. The third-order valence-corrected chi connectivity index (χ3v) is 15.2. The van der Waals surface area contributed by atoms with E-state index in [0.29, 0.717) is 19.3 Å². The van der Waals surface area contributed by atoms with Crippen LogP contribution < -0.4 is 0 Å². The van der Waals surface area contributed by atoms with Gasteiger partial charge in [0, 0.05) is 19.3 Å². The van der Waals surface area contributed by atoms with E-state index in [9.17, 15) is 14.4 Å². The Bertz CT molecular complexity index is 1450. The Morgan fingerprint density at radius 3 is 0.785 bits per heavy atom. The minimum atomic E-state index is -0.776. The first-order valence-corrected chi connectivity index (χ1v) is 34.4. The van der Waals surface area contributed by atoms with Gasteiger partial charge in [-0.15, -0.1) is 0 Å². The number of hydrogen-bond donors (Lipinski definition) is 0. The normalized spacial score (nSPS) is 12.5. The molecule has 0 N–H and O–H groups in total. The molecule has 0 amide bonds. The first-order chi connectivity index (χ1) is 39.0. The van der Waals surface area contributed by atoms with Crippen molar-refractivity contribution >= 4 is 17.9 Å². The maximum atomic E-state index is 12.9. The minimum Gasteiger partial charge on any atom is -0.462 e. The fraction of sp³-hybridized carbons (Fsp3) is 0.795. The van der Waals surface area contributed by atoms with Gasteiger partial charge >= 0.3 is 17.9 Å². The Kier molecular flexibility index (Phi) is 64.7. The average molecular weight is 1100 g/mol. The number of esters is 3. The summed E-state index contributed by atoms with van der Waals surface area (Å²) in [5.41, 5.74) is 0. The Morgan fingerprint density at radius 2 is 0.494 bits per heavy atom. The average Bonchev–Trinajstić information content (AvgIpc) is 3.45. The fourth-order valence-corrected chi connectivity index (χ4v) is 10.1. The van der Waals surface area contributed by atoms with Crippen LogP contribution in [-0.2, 0) is 28.6 Å². The molecule has 0 bridgehead atoms. The van der Waals surface area contributed by atoms with Crippen LogP contribution in [0, 0.1) is 0 Å². The van der Waals surface area contributed by atoms with E-state index >= 15 is 0 Å². The van der Waals surface area contributed by atoms with Crippen molar-refractivity contribution in [2.45, 2.75) is 361 Å². The molecule has 1 atom stereocenters. The topological polar surface area (TPSA) is 78.9 Å². The number of hydrogen-bond acceptors (Lipinski definition) is 6. The summed E-state index contributed by atoms with van der Waals surface area (Å²) >= 11 is 0. The van der Waals surface area contributed by atoms with Crippen molar-refractivity contribution in [3.05, 3.63) is 72.9 Å². The van der Waals surface area contributed by atoms with E-state index in [1.54, 1.807) is 0 Å². The van der Waals surface area contributed by atoms with Crippen LogP contribution in [0.4, 0.5) is 0 Å². The van der Waals surface area contributed by atoms with Gasteiger partial charge in [-0.05, 0) is 89.9 Å². The molecule has 6 nitrogen and oxygen atoms in total. The quantitative estimate of drug-likeness (QED) is 0.0261. The predicted octanol–water partition coefficient (Wildman–Crippen LogP) is 23.7. The molecule has 0 saturated heterocycles.